The van der Waals surface area contributed by atoms with Crippen molar-refractivity contribution in [3.8, 4) is 5.75 Å². The molecule has 0 aliphatic carbocycles. The first kappa shape index (κ1) is 16.8. The van der Waals surface area contributed by atoms with E-state index in [9.17, 15) is 0 Å². The number of rotatable bonds is 7. The fourth-order valence-electron chi connectivity index (χ4n) is 2.53. The van der Waals surface area contributed by atoms with Crippen LogP contribution >= 0.6 is 0 Å². The third-order valence-corrected chi connectivity index (χ3v) is 3.93. The Labute approximate surface area is 148 Å². The molecule has 0 spiro atoms. The molecule has 2 N–H and O–H groups in total. The van der Waals surface area contributed by atoms with Gasteiger partial charge in [-0.1, -0.05) is 37.3 Å². The van der Waals surface area contributed by atoms with Crippen LogP contribution in [-0.4, -0.2) is 17.1 Å². The lowest BCUT2D eigenvalue weighted by Crippen LogP contribution is -2.05. The molecular weight excluding hydrogens is 312 g/mol. The summed E-state index contributed by atoms with van der Waals surface area (Å²) in [5.41, 5.74) is 3.47. The SMILES string of the molecule is CCc1ccccc1Nc1ccnc(NCc2ccc(OC)cc2)n1. The van der Waals surface area contributed by atoms with Crippen molar-refractivity contribution in [3.63, 3.8) is 0 Å². The molecule has 0 radical (unpaired) electrons. The summed E-state index contributed by atoms with van der Waals surface area (Å²) in [5, 5.41) is 6.62. The molecule has 0 saturated carbocycles. The van der Waals surface area contributed by atoms with Gasteiger partial charge in [-0.2, -0.15) is 4.98 Å². The molecule has 1 aromatic heterocycles. The quantitative estimate of drug-likeness (QED) is 0.670. The summed E-state index contributed by atoms with van der Waals surface area (Å²) in [7, 11) is 1.66. The maximum absolute atomic E-state index is 5.17. The van der Waals surface area contributed by atoms with E-state index in [1.54, 1.807) is 13.3 Å². The number of hydrogen-bond acceptors (Lipinski definition) is 5. The van der Waals surface area contributed by atoms with Gasteiger partial charge in [-0.3, -0.25) is 0 Å². The van der Waals surface area contributed by atoms with Gasteiger partial charge < -0.3 is 15.4 Å². The number of methoxy groups -OCH3 is 1. The van der Waals surface area contributed by atoms with E-state index in [1.807, 2.05) is 42.5 Å². The second-order valence-corrected chi connectivity index (χ2v) is 5.60. The van der Waals surface area contributed by atoms with Crippen LogP contribution in [0.5, 0.6) is 5.75 Å². The molecule has 1 heterocycles. The highest BCUT2D eigenvalue weighted by atomic mass is 16.5. The molecule has 3 aromatic rings. The summed E-state index contributed by atoms with van der Waals surface area (Å²) in [6, 6.07) is 18.0. The van der Waals surface area contributed by atoms with Crippen LogP contribution in [0.3, 0.4) is 0 Å². The highest BCUT2D eigenvalue weighted by Gasteiger charge is 2.03. The number of para-hydroxylation sites is 1. The number of ether oxygens (including phenoxy) is 1. The third-order valence-electron chi connectivity index (χ3n) is 3.93. The van der Waals surface area contributed by atoms with Crippen molar-refractivity contribution < 1.29 is 4.74 Å². The van der Waals surface area contributed by atoms with Crippen LogP contribution in [0.2, 0.25) is 0 Å². The highest BCUT2D eigenvalue weighted by Crippen LogP contribution is 2.20. The van der Waals surface area contributed by atoms with Crippen molar-refractivity contribution in [3.05, 3.63) is 71.9 Å². The highest BCUT2D eigenvalue weighted by molar-refractivity contribution is 5.61. The Hall–Kier alpha value is -3.08. The molecule has 3 rings (SSSR count). The van der Waals surface area contributed by atoms with Gasteiger partial charge in [-0.15, -0.1) is 0 Å². The fraction of sp³-hybridized carbons (Fsp3) is 0.200. The summed E-state index contributed by atoms with van der Waals surface area (Å²) >= 11 is 0. The van der Waals surface area contributed by atoms with Crippen LogP contribution in [0, 0.1) is 0 Å². The van der Waals surface area contributed by atoms with Crippen molar-refractivity contribution in [2.24, 2.45) is 0 Å². The zero-order chi connectivity index (χ0) is 17.5. The van der Waals surface area contributed by atoms with Crippen LogP contribution < -0.4 is 15.4 Å². The van der Waals surface area contributed by atoms with E-state index >= 15 is 0 Å². The maximum Gasteiger partial charge on any atom is 0.224 e. The van der Waals surface area contributed by atoms with E-state index in [0.29, 0.717) is 12.5 Å². The molecule has 0 atom stereocenters. The largest absolute Gasteiger partial charge is 0.497 e. The predicted molar refractivity (Wildman–Crippen MR) is 101 cm³/mol. The molecule has 5 nitrogen and oxygen atoms in total. The molecule has 0 unspecified atom stereocenters. The third kappa shape index (κ3) is 4.47. The van der Waals surface area contributed by atoms with Gasteiger partial charge in [0.05, 0.1) is 7.11 Å². The zero-order valence-electron chi connectivity index (χ0n) is 14.5. The van der Waals surface area contributed by atoms with Crippen molar-refractivity contribution in [2.75, 3.05) is 17.7 Å². The van der Waals surface area contributed by atoms with Crippen molar-refractivity contribution in [1.82, 2.24) is 9.97 Å². The molecular formula is C20H22N4O. The lowest BCUT2D eigenvalue weighted by molar-refractivity contribution is 0.414. The average molecular weight is 334 g/mol. The van der Waals surface area contributed by atoms with E-state index in [4.69, 9.17) is 4.74 Å². The molecule has 0 amide bonds. The Balaban J connectivity index is 1.66. The molecule has 25 heavy (non-hydrogen) atoms. The van der Waals surface area contributed by atoms with Crippen LogP contribution in [0.25, 0.3) is 0 Å². The van der Waals surface area contributed by atoms with E-state index in [-0.39, 0.29) is 0 Å². The van der Waals surface area contributed by atoms with Crippen LogP contribution in [0.15, 0.2) is 60.8 Å². The molecule has 2 aromatic carbocycles. The first-order valence-electron chi connectivity index (χ1n) is 8.33. The average Bonchev–Trinajstić information content (AvgIpc) is 2.67. The Morgan fingerprint density at radius 1 is 1.00 bits per heavy atom. The van der Waals surface area contributed by atoms with E-state index in [1.165, 1.54) is 5.56 Å². The Kier molecular flexibility index (Phi) is 5.46. The van der Waals surface area contributed by atoms with Crippen molar-refractivity contribution in [1.29, 1.82) is 0 Å². The number of benzene rings is 2. The molecule has 5 heteroatoms. The Bertz CT molecular complexity index is 818. The minimum atomic E-state index is 0.592. The Morgan fingerprint density at radius 2 is 1.80 bits per heavy atom. The minimum Gasteiger partial charge on any atom is -0.497 e. The summed E-state index contributed by atoms with van der Waals surface area (Å²) in [6.07, 6.45) is 2.72. The smallest absolute Gasteiger partial charge is 0.224 e. The van der Waals surface area contributed by atoms with E-state index in [2.05, 4.69) is 39.7 Å². The number of nitrogens with one attached hydrogen (secondary N) is 2. The summed E-state index contributed by atoms with van der Waals surface area (Å²) in [4.78, 5) is 8.82. The number of nitrogens with zero attached hydrogens (tertiary/aromatic N) is 2. The maximum atomic E-state index is 5.17. The van der Waals surface area contributed by atoms with Crippen molar-refractivity contribution >= 4 is 17.5 Å². The Morgan fingerprint density at radius 3 is 2.56 bits per heavy atom. The standard InChI is InChI=1S/C20H22N4O/c1-3-16-6-4-5-7-18(16)23-19-12-13-21-20(24-19)22-14-15-8-10-17(25-2)11-9-15/h4-13H,3,14H2,1-2H3,(H2,21,22,23,24). The van der Waals surface area contributed by atoms with Gasteiger partial charge in [-0.05, 0) is 41.8 Å². The molecule has 0 fully saturated rings. The molecule has 0 aliphatic rings. The van der Waals surface area contributed by atoms with Crippen LogP contribution in [0.4, 0.5) is 17.5 Å². The fourth-order valence-corrected chi connectivity index (χ4v) is 2.53. The normalized spacial score (nSPS) is 10.3. The number of aromatic nitrogens is 2. The first-order chi connectivity index (χ1) is 12.3. The van der Waals surface area contributed by atoms with E-state index in [0.717, 1.165) is 29.2 Å². The summed E-state index contributed by atoms with van der Waals surface area (Å²) in [5.74, 6) is 2.21. The number of aryl methyl sites for hydroxylation is 1. The van der Waals surface area contributed by atoms with E-state index < -0.39 is 0 Å². The topological polar surface area (TPSA) is 59.1 Å². The van der Waals surface area contributed by atoms with Gasteiger partial charge in [0.25, 0.3) is 0 Å². The number of anilines is 3. The second kappa shape index (κ2) is 8.15. The first-order valence-corrected chi connectivity index (χ1v) is 8.33. The molecule has 0 aliphatic heterocycles. The second-order valence-electron chi connectivity index (χ2n) is 5.60. The molecule has 0 saturated heterocycles. The van der Waals surface area contributed by atoms with Gasteiger partial charge in [-0.25, -0.2) is 4.98 Å². The monoisotopic (exact) mass is 334 g/mol. The lowest BCUT2D eigenvalue weighted by atomic mass is 10.1. The van der Waals surface area contributed by atoms with Gasteiger partial charge >= 0.3 is 0 Å². The van der Waals surface area contributed by atoms with Gasteiger partial charge in [0, 0.05) is 18.4 Å². The minimum absolute atomic E-state index is 0.592. The van der Waals surface area contributed by atoms with Crippen LogP contribution in [-0.2, 0) is 13.0 Å². The van der Waals surface area contributed by atoms with Crippen molar-refractivity contribution in [2.45, 2.75) is 19.9 Å². The van der Waals surface area contributed by atoms with Gasteiger partial charge in [0.2, 0.25) is 5.95 Å². The zero-order valence-corrected chi connectivity index (χ0v) is 14.5. The molecule has 128 valence electrons. The van der Waals surface area contributed by atoms with Gasteiger partial charge in [0.15, 0.2) is 0 Å². The predicted octanol–water partition coefficient (Wildman–Crippen LogP) is 4.40. The van der Waals surface area contributed by atoms with Crippen LogP contribution in [0.1, 0.15) is 18.1 Å². The summed E-state index contributed by atoms with van der Waals surface area (Å²) < 4.78 is 5.17. The van der Waals surface area contributed by atoms with Gasteiger partial charge in [0.1, 0.15) is 11.6 Å². The lowest BCUT2D eigenvalue weighted by Gasteiger charge is -2.11. The number of hydrogen-bond donors (Lipinski definition) is 2. The molecule has 0 bridgehead atoms. The summed E-state index contributed by atoms with van der Waals surface area (Å²) in [6.45, 7) is 2.79.